The normalized spacial score (nSPS) is 23.4. The molecule has 44 heavy (non-hydrogen) atoms. The van der Waals surface area contributed by atoms with E-state index in [1.165, 1.54) is 110 Å². The number of carboxylic acids is 1. The molecule has 0 aromatic heterocycles. The van der Waals surface area contributed by atoms with Crippen LogP contribution in [0.5, 0.6) is 0 Å². The summed E-state index contributed by atoms with van der Waals surface area (Å²) in [6.07, 6.45) is 21.9. The van der Waals surface area contributed by atoms with Gasteiger partial charge < -0.3 is 9.90 Å². The van der Waals surface area contributed by atoms with Crippen molar-refractivity contribution in [3.8, 4) is 0 Å². The molecule has 4 bridgehead atoms. The minimum Gasteiger partial charge on any atom is -0.550 e. The van der Waals surface area contributed by atoms with Crippen molar-refractivity contribution >= 4 is 16.9 Å². The van der Waals surface area contributed by atoms with Crippen LogP contribution in [0.15, 0.2) is 99.6 Å². The van der Waals surface area contributed by atoms with Gasteiger partial charge in [0.05, 0.1) is 10.9 Å². The van der Waals surface area contributed by atoms with Gasteiger partial charge in [-0.25, -0.2) is 0 Å². The zero-order valence-corrected chi connectivity index (χ0v) is 27.9. The highest BCUT2D eigenvalue weighted by Gasteiger charge is 2.51. The summed E-state index contributed by atoms with van der Waals surface area (Å²) in [5.41, 5.74) is 1.09. The summed E-state index contributed by atoms with van der Waals surface area (Å²) in [6.45, 7) is 2.29. The first kappa shape index (κ1) is 32.9. The maximum absolute atomic E-state index is 11.1. The average Bonchev–Trinajstić information content (AvgIpc) is 3.03. The van der Waals surface area contributed by atoms with Crippen molar-refractivity contribution in [3.63, 3.8) is 0 Å². The highest BCUT2D eigenvalue weighted by atomic mass is 32.2. The summed E-state index contributed by atoms with van der Waals surface area (Å²) in [6, 6.07) is 31.3. The molecule has 0 saturated heterocycles. The molecule has 4 saturated carbocycles. The molecule has 0 N–H and O–H groups in total. The van der Waals surface area contributed by atoms with Gasteiger partial charge in [0, 0.05) is 11.4 Å². The third-order valence-electron chi connectivity index (χ3n) is 10.4. The van der Waals surface area contributed by atoms with Crippen molar-refractivity contribution in [2.45, 2.75) is 131 Å². The van der Waals surface area contributed by atoms with E-state index in [1.807, 2.05) is 0 Å². The number of carbonyl (C=O) groups is 1. The number of hydrogen-bond acceptors (Lipinski definition) is 2. The molecular weight excluding hydrogens is 557 g/mol. The molecule has 0 amide bonds. The van der Waals surface area contributed by atoms with Crippen LogP contribution in [0.1, 0.15) is 115 Å². The maximum atomic E-state index is 11.1. The highest BCUT2D eigenvalue weighted by Crippen LogP contribution is 2.59. The van der Waals surface area contributed by atoms with Gasteiger partial charge in [0.15, 0.2) is 14.7 Å². The third-order valence-corrected chi connectivity index (χ3v) is 12.6. The Morgan fingerprint density at radius 3 is 1.45 bits per heavy atom. The molecule has 0 atom stereocenters. The zero-order chi connectivity index (χ0) is 30.6. The molecule has 4 aliphatic carbocycles. The van der Waals surface area contributed by atoms with Gasteiger partial charge in [0.2, 0.25) is 0 Å². The van der Waals surface area contributed by atoms with Gasteiger partial charge in [-0.2, -0.15) is 0 Å². The first-order valence-electron chi connectivity index (χ1n) is 17.7. The van der Waals surface area contributed by atoms with Gasteiger partial charge in [-0.15, -0.1) is 0 Å². The molecule has 3 aromatic rings. The van der Waals surface area contributed by atoms with Gasteiger partial charge in [-0.05, 0) is 111 Å². The molecule has 0 unspecified atom stereocenters. The lowest BCUT2D eigenvalue weighted by Crippen LogP contribution is -2.54. The van der Waals surface area contributed by atoms with Crippen LogP contribution < -0.4 is 5.11 Å². The molecule has 7 rings (SSSR count). The van der Waals surface area contributed by atoms with Crippen molar-refractivity contribution in [2.75, 3.05) is 0 Å². The lowest BCUT2D eigenvalue weighted by Gasteiger charge is -2.57. The number of carboxylic acid groups (broad SMARTS) is 1. The Kier molecular flexibility index (Phi) is 12.5. The standard InChI is InChI=1S/C30H39S.C11H16O2/c1-2-3-4-5-6-7-8-9-10-13-18-27-23-25-30(26-24-27)31(28-19-14-11-15-20-28)29-21-16-12-17-22-29;12-10(13)11-4-7-1-8(5-11)3-9(2-7)6-11/h11-12,14-17,19-26H,2-10,13,18H2,1H3;7-9H,1-6H2,(H,12,13)/q+1;/p-1. The van der Waals surface area contributed by atoms with Crippen LogP contribution in [-0.2, 0) is 22.1 Å². The Labute approximate surface area is 270 Å². The number of benzene rings is 3. The summed E-state index contributed by atoms with van der Waals surface area (Å²) in [5.74, 6) is 1.38. The van der Waals surface area contributed by atoms with Crippen LogP contribution in [0.4, 0.5) is 0 Å². The van der Waals surface area contributed by atoms with E-state index in [4.69, 9.17) is 0 Å². The molecule has 0 radical (unpaired) electrons. The minimum atomic E-state index is -0.758. The average molecular weight is 611 g/mol. The van der Waals surface area contributed by atoms with Gasteiger partial charge in [0.1, 0.15) is 0 Å². The van der Waals surface area contributed by atoms with Gasteiger partial charge in [-0.3, -0.25) is 0 Å². The fourth-order valence-electron chi connectivity index (χ4n) is 8.49. The monoisotopic (exact) mass is 610 g/mol. The van der Waals surface area contributed by atoms with Crippen molar-refractivity contribution in [1.29, 1.82) is 0 Å². The summed E-state index contributed by atoms with van der Waals surface area (Å²) in [7, 11) is -0.0375. The number of carbonyl (C=O) groups excluding carboxylic acids is 1. The van der Waals surface area contributed by atoms with E-state index in [0.717, 1.165) is 19.3 Å². The van der Waals surface area contributed by atoms with Crippen LogP contribution in [0.2, 0.25) is 0 Å². The molecule has 4 aliphatic rings. The number of rotatable bonds is 15. The molecule has 2 nitrogen and oxygen atoms in total. The second-order valence-electron chi connectivity index (χ2n) is 14.0. The van der Waals surface area contributed by atoms with E-state index in [-0.39, 0.29) is 10.9 Å². The predicted molar refractivity (Wildman–Crippen MR) is 183 cm³/mol. The second-order valence-corrected chi connectivity index (χ2v) is 16.0. The lowest BCUT2D eigenvalue weighted by molar-refractivity contribution is -0.327. The molecular formula is C41H54O2S. The molecule has 3 aromatic carbocycles. The quantitative estimate of drug-likeness (QED) is 0.127. The number of unbranched alkanes of at least 4 members (excludes halogenated alkanes) is 9. The Morgan fingerprint density at radius 2 is 1.02 bits per heavy atom. The fourth-order valence-corrected chi connectivity index (χ4v) is 10.6. The first-order chi connectivity index (χ1) is 21.6. The minimum absolute atomic E-state index is 0.0375. The maximum Gasteiger partial charge on any atom is 0.166 e. The predicted octanol–water partition coefficient (Wildman–Crippen LogP) is 10.2. The topological polar surface area (TPSA) is 40.1 Å². The van der Waals surface area contributed by atoms with E-state index in [9.17, 15) is 9.90 Å². The molecule has 0 spiro atoms. The second kappa shape index (κ2) is 16.7. The summed E-state index contributed by atoms with van der Waals surface area (Å²) < 4.78 is 0. The van der Waals surface area contributed by atoms with Crippen molar-refractivity contribution in [1.82, 2.24) is 0 Å². The van der Waals surface area contributed by atoms with Crippen LogP contribution in [0.25, 0.3) is 0 Å². The van der Waals surface area contributed by atoms with Crippen LogP contribution in [0, 0.1) is 23.2 Å². The van der Waals surface area contributed by atoms with E-state index in [1.54, 1.807) is 0 Å². The summed E-state index contributed by atoms with van der Waals surface area (Å²) >= 11 is 0. The zero-order valence-electron chi connectivity index (χ0n) is 27.1. The van der Waals surface area contributed by atoms with E-state index >= 15 is 0 Å². The smallest absolute Gasteiger partial charge is 0.166 e. The number of hydrogen-bond donors (Lipinski definition) is 0. The van der Waals surface area contributed by atoms with Crippen molar-refractivity contribution in [3.05, 3.63) is 90.5 Å². The molecule has 4 fully saturated rings. The SMILES string of the molecule is CCCCCCCCCCCCc1ccc([S+](c2ccccc2)c2ccccc2)cc1.O=C([O-])C12CC3CC(CC(C3)C1)C2. The van der Waals surface area contributed by atoms with Crippen LogP contribution in [0.3, 0.4) is 0 Å². The van der Waals surface area contributed by atoms with Gasteiger partial charge >= 0.3 is 0 Å². The van der Waals surface area contributed by atoms with E-state index in [2.05, 4.69) is 91.9 Å². The van der Waals surface area contributed by atoms with Gasteiger partial charge in [-0.1, -0.05) is 113 Å². The summed E-state index contributed by atoms with van der Waals surface area (Å²) in [4.78, 5) is 15.3. The van der Waals surface area contributed by atoms with Gasteiger partial charge in [0.25, 0.3) is 0 Å². The van der Waals surface area contributed by atoms with Crippen LogP contribution >= 0.6 is 0 Å². The fraction of sp³-hybridized carbons (Fsp3) is 0.537. The lowest BCUT2D eigenvalue weighted by atomic mass is 9.49. The Bertz CT molecular complexity index is 1180. The van der Waals surface area contributed by atoms with Crippen LogP contribution in [-0.4, -0.2) is 5.97 Å². The largest absolute Gasteiger partial charge is 0.550 e. The number of aryl methyl sites for hydroxylation is 1. The Balaban J connectivity index is 0.000000242. The molecule has 3 heteroatoms. The Morgan fingerprint density at radius 1 is 0.614 bits per heavy atom. The Hall–Kier alpha value is -2.52. The van der Waals surface area contributed by atoms with Crippen molar-refractivity contribution in [2.24, 2.45) is 23.2 Å². The van der Waals surface area contributed by atoms with E-state index in [0.29, 0.717) is 17.8 Å². The van der Waals surface area contributed by atoms with E-state index < -0.39 is 11.4 Å². The molecule has 0 heterocycles. The summed E-state index contributed by atoms with van der Waals surface area (Å²) in [5, 5.41) is 11.1. The van der Waals surface area contributed by atoms with Crippen molar-refractivity contribution < 1.29 is 9.90 Å². The molecule has 0 aliphatic heterocycles. The third kappa shape index (κ3) is 9.03. The first-order valence-corrected chi connectivity index (χ1v) is 18.9. The highest BCUT2D eigenvalue weighted by molar-refractivity contribution is 7.97. The molecule has 236 valence electrons. The number of aliphatic carboxylic acids is 1.